The van der Waals surface area contributed by atoms with Crippen molar-refractivity contribution >= 4 is 58.2 Å². The van der Waals surface area contributed by atoms with Gasteiger partial charge in [-0.05, 0) is 30.3 Å². The lowest BCUT2D eigenvalue weighted by molar-refractivity contribution is 0.416. The van der Waals surface area contributed by atoms with Crippen LogP contribution in [-0.2, 0) is 30.4 Å². The Bertz CT molecular complexity index is 1620. The van der Waals surface area contributed by atoms with Crippen LogP contribution in [-0.4, -0.2) is 51.9 Å². The van der Waals surface area contributed by atoms with Crippen LogP contribution in [0.3, 0.4) is 0 Å². The Kier molecular flexibility index (Phi) is 6.92. The summed E-state index contributed by atoms with van der Waals surface area (Å²) in [6.07, 6.45) is 0. The molecule has 3 aromatic rings. The number of rotatable bonds is 8. The van der Waals surface area contributed by atoms with Crippen LogP contribution in [0.15, 0.2) is 68.6 Å². The zero-order chi connectivity index (χ0) is 25.3. The average Bonchev–Trinajstić information content (AvgIpc) is 2.73. The van der Waals surface area contributed by atoms with Crippen LogP contribution in [0.1, 0.15) is 0 Å². The Hall–Kier alpha value is -3.15. The van der Waals surface area contributed by atoms with Crippen molar-refractivity contribution in [3.8, 4) is 5.75 Å². The molecular weight excluding hydrogens is 514 g/mol. The maximum absolute atomic E-state index is 11.9. The Morgan fingerprint density at radius 1 is 0.794 bits per heavy atom. The summed E-state index contributed by atoms with van der Waals surface area (Å²) in [5.74, 6) is -0.624. The molecule has 0 saturated heterocycles. The third-order valence-electron chi connectivity index (χ3n) is 4.37. The highest BCUT2D eigenvalue weighted by Gasteiger charge is 2.21. The smallest absolute Gasteiger partial charge is 0.295 e. The highest BCUT2D eigenvalue weighted by atomic mass is 32.2. The van der Waals surface area contributed by atoms with Gasteiger partial charge >= 0.3 is 0 Å². The molecule has 182 valence electrons. The lowest BCUT2D eigenvalue weighted by atomic mass is 10.1. The van der Waals surface area contributed by atoms with Crippen molar-refractivity contribution in [3.63, 3.8) is 0 Å². The van der Waals surface area contributed by atoms with Gasteiger partial charge in [-0.3, -0.25) is 13.7 Å². The van der Waals surface area contributed by atoms with Crippen LogP contribution in [0, 0.1) is 0 Å². The molecular formula is C18H17N3O10S3. The fraction of sp³-hybridized carbons (Fsp3) is 0.111. The number of fused-ring (bicyclic) bond motifs is 1. The van der Waals surface area contributed by atoms with Gasteiger partial charge in [-0.2, -0.15) is 35.5 Å². The summed E-state index contributed by atoms with van der Waals surface area (Å²) in [7, 11) is -12.5. The molecule has 0 unspecified atom stereocenters. The summed E-state index contributed by atoms with van der Waals surface area (Å²) in [4.78, 5) is -1.24. The average molecular weight is 532 g/mol. The van der Waals surface area contributed by atoms with E-state index in [0.29, 0.717) is 0 Å². The summed E-state index contributed by atoms with van der Waals surface area (Å²) in [6, 6.07) is 9.76. The fourth-order valence-corrected chi connectivity index (χ4v) is 4.74. The summed E-state index contributed by atoms with van der Waals surface area (Å²) >= 11 is 0. The van der Waals surface area contributed by atoms with E-state index in [9.17, 15) is 34.4 Å². The molecule has 3 aromatic carbocycles. The van der Waals surface area contributed by atoms with Crippen molar-refractivity contribution < 1.29 is 43.6 Å². The molecule has 4 N–H and O–H groups in total. The SMILES string of the molecule is COc1cc(N=Nc2cc(S(=O)(=O)O)c3cccc(S(=O)(=O)O)c3c2)ccc1NCS(=O)(=O)O. The zero-order valence-electron chi connectivity index (χ0n) is 17.1. The molecule has 0 heterocycles. The minimum Gasteiger partial charge on any atom is -0.495 e. The molecule has 0 aliphatic heterocycles. The van der Waals surface area contributed by atoms with Crippen molar-refractivity contribution in [2.45, 2.75) is 9.79 Å². The molecule has 0 radical (unpaired) electrons. The normalized spacial score (nSPS) is 12.8. The van der Waals surface area contributed by atoms with Crippen LogP contribution in [0.25, 0.3) is 10.8 Å². The summed E-state index contributed by atoms with van der Waals surface area (Å²) in [6.45, 7) is 0. The van der Waals surface area contributed by atoms with E-state index in [1.807, 2.05) is 0 Å². The van der Waals surface area contributed by atoms with E-state index in [4.69, 9.17) is 9.29 Å². The number of ether oxygens (including phenoxy) is 1. The molecule has 0 fully saturated rings. The van der Waals surface area contributed by atoms with Gasteiger partial charge in [0.2, 0.25) is 0 Å². The minimum absolute atomic E-state index is 0.144. The van der Waals surface area contributed by atoms with Gasteiger partial charge in [0.05, 0.1) is 24.2 Å². The topological polar surface area (TPSA) is 209 Å². The number of methoxy groups -OCH3 is 1. The van der Waals surface area contributed by atoms with E-state index in [2.05, 4.69) is 15.5 Å². The van der Waals surface area contributed by atoms with E-state index >= 15 is 0 Å². The first-order valence-electron chi connectivity index (χ1n) is 8.99. The van der Waals surface area contributed by atoms with Crippen LogP contribution in [0.2, 0.25) is 0 Å². The lowest BCUT2D eigenvalue weighted by Crippen LogP contribution is -2.13. The quantitative estimate of drug-likeness (QED) is 0.245. The highest BCUT2D eigenvalue weighted by Crippen LogP contribution is 2.35. The van der Waals surface area contributed by atoms with Gasteiger partial charge in [0, 0.05) is 16.8 Å². The zero-order valence-corrected chi connectivity index (χ0v) is 19.6. The summed E-state index contributed by atoms with van der Waals surface area (Å²) in [5.41, 5.74) is 0.228. The van der Waals surface area contributed by atoms with E-state index in [0.717, 1.165) is 18.2 Å². The van der Waals surface area contributed by atoms with Crippen LogP contribution in [0.5, 0.6) is 5.75 Å². The van der Waals surface area contributed by atoms with Gasteiger partial charge in [-0.15, -0.1) is 0 Å². The third kappa shape index (κ3) is 6.04. The van der Waals surface area contributed by atoms with Crippen molar-refractivity contribution in [1.82, 2.24) is 0 Å². The monoisotopic (exact) mass is 531 g/mol. The van der Waals surface area contributed by atoms with Crippen LogP contribution in [0.4, 0.5) is 17.1 Å². The van der Waals surface area contributed by atoms with E-state index in [-0.39, 0.29) is 33.6 Å². The second-order valence-electron chi connectivity index (χ2n) is 6.73. The predicted octanol–water partition coefficient (Wildman–Crippen LogP) is 3.01. The molecule has 3 rings (SSSR count). The molecule has 0 atom stereocenters. The number of azo groups is 1. The van der Waals surface area contributed by atoms with E-state index in [1.165, 1.54) is 37.4 Å². The Balaban J connectivity index is 2.09. The number of hydrogen-bond acceptors (Lipinski definition) is 10. The van der Waals surface area contributed by atoms with Crippen molar-refractivity contribution in [1.29, 1.82) is 0 Å². The maximum atomic E-state index is 11.9. The van der Waals surface area contributed by atoms with Crippen LogP contribution >= 0.6 is 0 Å². The molecule has 0 saturated carbocycles. The van der Waals surface area contributed by atoms with Crippen molar-refractivity contribution in [2.24, 2.45) is 10.2 Å². The van der Waals surface area contributed by atoms with Gasteiger partial charge in [-0.25, -0.2) is 0 Å². The summed E-state index contributed by atoms with van der Waals surface area (Å²) < 4.78 is 102. The van der Waals surface area contributed by atoms with Gasteiger partial charge in [0.15, 0.2) is 0 Å². The van der Waals surface area contributed by atoms with E-state index in [1.54, 1.807) is 0 Å². The first kappa shape index (κ1) is 25.5. The Morgan fingerprint density at radius 3 is 2.03 bits per heavy atom. The number of hydrogen-bond donors (Lipinski definition) is 4. The first-order valence-corrected chi connectivity index (χ1v) is 13.5. The highest BCUT2D eigenvalue weighted by molar-refractivity contribution is 7.86. The number of nitrogens with zero attached hydrogens (tertiary/aromatic N) is 2. The standard InChI is InChI=1S/C18H17N3O10S3/c1-31-16-8-11(5-6-15(16)19-10-32(22,23)24)20-21-12-7-14-13(18(9-12)34(28,29)30)3-2-4-17(14)33(25,26)27/h2-9,19H,10H2,1H3,(H,22,23,24)(H,25,26,27)(H,28,29,30). The fourth-order valence-electron chi connectivity index (χ4n) is 2.98. The van der Waals surface area contributed by atoms with Crippen molar-refractivity contribution in [2.75, 3.05) is 18.3 Å². The molecule has 34 heavy (non-hydrogen) atoms. The Morgan fingerprint density at radius 2 is 1.44 bits per heavy atom. The van der Waals surface area contributed by atoms with Gasteiger partial charge in [0.25, 0.3) is 30.4 Å². The van der Waals surface area contributed by atoms with E-state index < -0.39 is 46.0 Å². The maximum Gasteiger partial charge on any atom is 0.295 e. The number of benzene rings is 3. The number of nitrogens with one attached hydrogen (secondary N) is 1. The largest absolute Gasteiger partial charge is 0.495 e. The number of anilines is 1. The van der Waals surface area contributed by atoms with Crippen LogP contribution < -0.4 is 10.1 Å². The third-order valence-corrected chi connectivity index (χ3v) is 6.68. The molecule has 0 aliphatic rings. The molecule has 0 aromatic heterocycles. The lowest BCUT2D eigenvalue weighted by Gasteiger charge is -2.10. The molecule has 16 heteroatoms. The molecule has 0 spiro atoms. The van der Waals surface area contributed by atoms with Gasteiger partial charge in [-0.1, -0.05) is 12.1 Å². The molecule has 13 nitrogen and oxygen atoms in total. The second-order valence-corrected chi connectivity index (χ2v) is 11.0. The Labute approximate surface area is 194 Å². The van der Waals surface area contributed by atoms with Gasteiger partial charge < -0.3 is 10.1 Å². The minimum atomic E-state index is -4.81. The summed E-state index contributed by atoms with van der Waals surface area (Å²) in [5, 5.41) is 9.88. The van der Waals surface area contributed by atoms with Gasteiger partial charge in [0.1, 0.15) is 21.4 Å². The first-order chi connectivity index (χ1) is 15.7. The predicted molar refractivity (Wildman–Crippen MR) is 121 cm³/mol. The molecule has 0 aliphatic carbocycles. The van der Waals surface area contributed by atoms with Crippen molar-refractivity contribution in [3.05, 3.63) is 48.5 Å². The second kappa shape index (κ2) is 9.24. The molecule has 0 amide bonds. The molecule has 0 bridgehead atoms.